The van der Waals surface area contributed by atoms with Gasteiger partial charge < -0.3 is 10.1 Å². The van der Waals surface area contributed by atoms with Gasteiger partial charge in [-0.15, -0.1) is 11.8 Å². The summed E-state index contributed by atoms with van der Waals surface area (Å²) in [5.41, 5.74) is 1.66. The third-order valence-corrected chi connectivity index (χ3v) is 6.30. The standard InChI is InChI=1S/C21H28N2O4S2/c1-4-27-19-10-8-18(9-11-19)23(29(3,25)26)16-21(24)22-14-5-15-28-20-12-6-17(2)7-13-20/h6-13H,4-5,14-16H2,1-3H3,(H,22,24). The summed E-state index contributed by atoms with van der Waals surface area (Å²) in [6.45, 7) is 4.70. The molecule has 0 aliphatic rings. The Bertz CT molecular complexity index is 882. The molecule has 8 heteroatoms. The van der Waals surface area contributed by atoms with E-state index in [0.717, 1.165) is 22.7 Å². The van der Waals surface area contributed by atoms with Gasteiger partial charge in [-0.05, 0) is 62.4 Å². The molecule has 29 heavy (non-hydrogen) atoms. The van der Waals surface area contributed by atoms with Crippen LogP contribution in [0.15, 0.2) is 53.4 Å². The van der Waals surface area contributed by atoms with E-state index in [-0.39, 0.29) is 12.5 Å². The third-order valence-electron chi connectivity index (χ3n) is 4.06. The van der Waals surface area contributed by atoms with E-state index < -0.39 is 10.0 Å². The molecule has 0 bridgehead atoms. The van der Waals surface area contributed by atoms with Gasteiger partial charge in [0, 0.05) is 11.4 Å². The number of anilines is 1. The SMILES string of the molecule is CCOc1ccc(N(CC(=O)NCCCSc2ccc(C)cc2)S(C)(=O)=O)cc1. The maximum absolute atomic E-state index is 12.3. The molecule has 0 radical (unpaired) electrons. The Morgan fingerprint density at radius 2 is 1.76 bits per heavy atom. The van der Waals surface area contributed by atoms with Crippen LogP contribution >= 0.6 is 11.8 Å². The maximum Gasteiger partial charge on any atom is 0.240 e. The van der Waals surface area contributed by atoms with Gasteiger partial charge in [-0.25, -0.2) is 8.42 Å². The molecular weight excluding hydrogens is 408 g/mol. The Kier molecular flexibility index (Phi) is 8.85. The summed E-state index contributed by atoms with van der Waals surface area (Å²) in [6, 6.07) is 15.0. The second-order valence-corrected chi connectivity index (χ2v) is 9.64. The Morgan fingerprint density at radius 3 is 2.34 bits per heavy atom. The number of nitrogens with zero attached hydrogens (tertiary/aromatic N) is 1. The number of thioether (sulfide) groups is 1. The van der Waals surface area contributed by atoms with Crippen molar-refractivity contribution in [1.82, 2.24) is 5.32 Å². The fourth-order valence-electron chi connectivity index (χ4n) is 2.59. The van der Waals surface area contributed by atoms with Crippen LogP contribution in [0.3, 0.4) is 0 Å². The van der Waals surface area contributed by atoms with Crippen molar-refractivity contribution in [3.63, 3.8) is 0 Å². The van der Waals surface area contributed by atoms with Gasteiger partial charge in [0.05, 0.1) is 18.6 Å². The summed E-state index contributed by atoms with van der Waals surface area (Å²) in [7, 11) is -3.59. The maximum atomic E-state index is 12.3. The monoisotopic (exact) mass is 436 g/mol. The molecular formula is C21H28N2O4S2. The fourth-order valence-corrected chi connectivity index (χ4v) is 4.30. The first-order valence-electron chi connectivity index (χ1n) is 9.46. The predicted molar refractivity (Wildman–Crippen MR) is 119 cm³/mol. The molecule has 1 N–H and O–H groups in total. The smallest absolute Gasteiger partial charge is 0.240 e. The summed E-state index contributed by atoms with van der Waals surface area (Å²) in [5.74, 6) is 1.20. The molecule has 0 aliphatic carbocycles. The van der Waals surface area contributed by atoms with Crippen LogP contribution in [0.4, 0.5) is 5.69 Å². The number of nitrogens with one attached hydrogen (secondary N) is 1. The van der Waals surface area contributed by atoms with E-state index in [1.54, 1.807) is 36.0 Å². The first kappa shape index (κ1) is 23.1. The zero-order chi connectivity index (χ0) is 21.3. The van der Waals surface area contributed by atoms with E-state index >= 15 is 0 Å². The number of rotatable bonds is 11. The Balaban J connectivity index is 1.82. The molecule has 1 amide bonds. The van der Waals surface area contributed by atoms with Gasteiger partial charge in [0.25, 0.3) is 0 Å². The lowest BCUT2D eigenvalue weighted by Crippen LogP contribution is -2.40. The van der Waals surface area contributed by atoms with Crippen LogP contribution in [0.2, 0.25) is 0 Å². The van der Waals surface area contributed by atoms with Crippen molar-refractivity contribution < 1.29 is 17.9 Å². The highest BCUT2D eigenvalue weighted by Gasteiger charge is 2.20. The van der Waals surface area contributed by atoms with E-state index in [4.69, 9.17) is 4.74 Å². The number of benzene rings is 2. The minimum absolute atomic E-state index is 0.252. The summed E-state index contributed by atoms with van der Waals surface area (Å²) < 4.78 is 30.8. The third kappa shape index (κ3) is 7.98. The molecule has 0 aliphatic heterocycles. The van der Waals surface area contributed by atoms with Crippen LogP contribution in [0.5, 0.6) is 5.75 Å². The largest absolute Gasteiger partial charge is 0.494 e. The summed E-state index contributed by atoms with van der Waals surface area (Å²) in [4.78, 5) is 13.5. The second-order valence-electron chi connectivity index (χ2n) is 6.56. The van der Waals surface area contributed by atoms with E-state index in [0.29, 0.717) is 24.6 Å². The van der Waals surface area contributed by atoms with Gasteiger partial charge >= 0.3 is 0 Å². The number of hydrogen-bond acceptors (Lipinski definition) is 5. The minimum atomic E-state index is -3.59. The van der Waals surface area contributed by atoms with Crippen molar-refractivity contribution in [2.75, 3.05) is 36.0 Å². The number of carbonyl (C=O) groups excluding carboxylic acids is 1. The van der Waals surface area contributed by atoms with Crippen LogP contribution in [-0.4, -0.2) is 46.0 Å². The Morgan fingerprint density at radius 1 is 1.10 bits per heavy atom. The number of carbonyl (C=O) groups is 1. The minimum Gasteiger partial charge on any atom is -0.494 e. The van der Waals surface area contributed by atoms with Crippen LogP contribution in [-0.2, 0) is 14.8 Å². The average molecular weight is 437 g/mol. The van der Waals surface area contributed by atoms with Gasteiger partial charge in [-0.2, -0.15) is 0 Å². The molecule has 158 valence electrons. The average Bonchev–Trinajstić information content (AvgIpc) is 2.67. The van der Waals surface area contributed by atoms with Crippen LogP contribution in [0, 0.1) is 6.92 Å². The van der Waals surface area contributed by atoms with Crippen molar-refractivity contribution >= 4 is 33.4 Å². The van der Waals surface area contributed by atoms with E-state index in [1.165, 1.54) is 10.5 Å². The Labute approximate surface area is 177 Å². The van der Waals surface area contributed by atoms with Crippen molar-refractivity contribution in [3.05, 3.63) is 54.1 Å². The first-order chi connectivity index (χ1) is 13.8. The molecule has 0 atom stereocenters. The molecule has 0 fully saturated rings. The number of sulfonamides is 1. The van der Waals surface area contributed by atoms with Gasteiger partial charge in [0.2, 0.25) is 15.9 Å². The Hall–Kier alpha value is -2.19. The fraction of sp³-hybridized carbons (Fsp3) is 0.381. The molecule has 0 unspecified atom stereocenters. The van der Waals surface area contributed by atoms with Crippen molar-refractivity contribution in [1.29, 1.82) is 0 Å². The lowest BCUT2D eigenvalue weighted by Gasteiger charge is -2.22. The molecule has 0 aromatic heterocycles. The molecule has 0 spiro atoms. The molecule has 0 saturated carbocycles. The van der Waals surface area contributed by atoms with Crippen molar-refractivity contribution in [2.24, 2.45) is 0 Å². The zero-order valence-corrected chi connectivity index (χ0v) is 18.7. The summed E-state index contributed by atoms with van der Waals surface area (Å²) in [5, 5.41) is 2.80. The highest BCUT2D eigenvalue weighted by Crippen LogP contribution is 2.21. The van der Waals surface area contributed by atoms with Crippen LogP contribution in [0.25, 0.3) is 0 Å². The second kappa shape index (κ2) is 11.1. The summed E-state index contributed by atoms with van der Waals surface area (Å²) in [6.07, 6.45) is 1.89. The normalized spacial score (nSPS) is 11.1. The van der Waals surface area contributed by atoms with Gasteiger partial charge in [-0.1, -0.05) is 17.7 Å². The topological polar surface area (TPSA) is 75.7 Å². The van der Waals surface area contributed by atoms with Crippen LogP contribution < -0.4 is 14.4 Å². The van der Waals surface area contributed by atoms with E-state index in [9.17, 15) is 13.2 Å². The molecule has 2 aromatic carbocycles. The number of ether oxygens (including phenoxy) is 1. The highest BCUT2D eigenvalue weighted by atomic mass is 32.2. The van der Waals surface area contributed by atoms with E-state index in [2.05, 4.69) is 36.5 Å². The van der Waals surface area contributed by atoms with Gasteiger partial charge in [0.1, 0.15) is 12.3 Å². The highest BCUT2D eigenvalue weighted by molar-refractivity contribution is 7.99. The number of aryl methyl sites for hydroxylation is 1. The molecule has 6 nitrogen and oxygen atoms in total. The molecule has 2 aromatic rings. The lowest BCUT2D eigenvalue weighted by atomic mass is 10.2. The predicted octanol–water partition coefficient (Wildman–Crippen LogP) is 3.46. The number of amides is 1. The number of hydrogen-bond donors (Lipinski definition) is 1. The van der Waals surface area contributed by atoms with Crippen molar-refractivity contribution in [2.45, 2.75) is 25.2 Å². The van der Waals surface area contributed by atoms with Gasteiger partial charge in [0.15, 0.2) is 0 Å². The van der Waals surface area contributed by atoms with E-state index in [1.807, 2.05) is 6.92 Å². The molecule has 0 heterocycles. The first-order valence-corrected chi connectivity index (χ1v) is 12.3. The van der Waals surface area contributed by atoms with Crippen molar-refractivity contribution in [3.8, 4) is 5.75 Å². The van der Waals surface area contributed by atoms with Gasteiger partial charge in [-0.3, -0.25) is 9.10 Å². The zero-order valence-electron chi connectivity index (χ0n) is 17.1. The van der Waals surface area contributed by atoms with Crippen LogP contribution in [0.1, 0.15) is 18.9 Å². The molecule has 2 rings (SSSR count). The quantitative estimate of drug-likeness (QED) is 0.431. The summed E-state index contributed by atoms with van der Waals surface area (Å²) >= 11 is 1.73. The molecule has 0 saturated heterocycles. The lowest BCUT2D eigenvalue weighted by molar-refractivity contribution is -0.119.